The molecule has 0 radical (unpaired) electrons. The maximum atomic E-state index is 12.0. The Kier molecular flexibility index (Phi) is 5.47. The van der Waals surface area contributed by atoms with Gasteiger partial charge >= 0.3 is 6.36 Å². The van der Waals surface area contributed by atoms with Gasteiger partial charge in [-0.25, -0.2) is 0 Å². The quantitative estimate of drug-likeness (QED) is 0.905. The van der Waals surface area contributed by atoms with Crippen LogP contribution >= 0.6 is 0 Å². The lowest BCUT2D eigenvalue weighted by molar-refractivity contribution is -0.274. The van der Waals surface area contributed by atoms with Gasteiger partial charge in [-0.2, -0.15) is 0 Å². The molecule has 1 N–H and O–H groups in total. The van der Waals surface area contributed by atoms with Gasteiger partial charge in [0.2, 0.25) is 0 Å². The van der Waals surface area contributed by atoms with Crippen LogP contribution in [0.5, 0.6) is 5.75 Å². The third-order valence-corrected chi connectivity index (χ3v) is 3.64. The number of nitrogens with one attached hydrogen (secondary N) is 1. The zero-order valence-corrected chi connectivity index (χ0v) is 12.1. The maximum Gasteiger partial charge on any atom is 0.573 e. The Morgan fingerprint density at radius 2 is 2.00 bits per heavy atom. The standard InChI is InChI=1S/C15H21F3N2O/c1-20-8-2-3-13(11-20)10-19-9-12-4-6-14(7-5-12)21-15(16,17)18/h4-7,13,19H,2-3,8-11H2,1H3. The summed E-state index contributed by atoms with van der Waals surface area (Å²) in [5.74, 6) is 0.469. The number of piperidine rings is 1. The number of alkyl halides is 3. The third kappa shape index (κ3) is 5.93. The SMILES string of the molecule is CN1CCCC(CNCc2ccc(OC(F)(F)F)cc2)C1. The summed E-state index contributed by atoms with van der Waals surface area (Å²) in [6.07, 6.45) is -2.17. The molecule has 0 aromatic heterocycles. The summed E-state index contributed by atoms with van der Waals surface area (Å²) in [5.41, 5.74) is 0.952. The average Bonchev–Trinajstić information content (AvgIpc) is 2.39. The molecule has 2 rings (SSSR count). The monoisotopic (exact) mass is 302 g/mol. The van der Waals surface area contributed by atoms with Crippen molar-refractivity contribution in [1.29, 1.82) is 0 Å². The smallest absolute Gasteiger partial charge is 0.406 e. The van der Waals surface area contributed by atoms with E-state index in [4.69, 9.17) is 0 Å². The molecule has 0 saturated carbocycles. The van der Waals surface area contributed by atoms with Gasteiger partial charge in [-0.1, -0.05) is 12.1 Å². The predicted molar refractivity (Wildman–Crippen MR) is 75.1 cm³/mol. The van der Waals surface area contributed by atoms with E-state index < -0.39 is 6.36 Å². The van der Waals surface area contributed by atoms with Crippen LogP contribution in [-0.4, -0.2) is 37.9 Å². The highest BCUT2D eigenvalue weighted by atomic mass is 19.4. The van der Waals surface area contributed by atoms with E-state index in [0.29, 0.717) is 12.5 Å². The van der Waals surface area contributed by atoms with Crippen molar-refractivity contribution in [1.82, 2.24) is 10.2 Å². The van der Waals surface area contributed by atoms with Gasteiger partial charge in [-0.15, -0.1) is 13.2 Å². The molecule has 1 aliphatic heterocycles. The van der Waals surface area contributed by atoms with Crippen LogP contribution in [-0.2, 0) is 6.54 Å². The highest BCUT2D eigenvalue weighted by molar-refractivity contribution is 5.27. The number of benzene rings is 1. The fourth-order valence-electron chi connectivity index (χ4n) is 2.67. The number of rotatable bonds is 5. The largest absolute Gasteiger partial charge is 0.573 e. The van der Waals surface area contributed by atoms with Gasteiger partial charge in [0.05, 0.1) is 0 Å². The Morgan fingerprint density at radius 3 is 2.62 bits per heavy atom. The molecular weight excluding hydrogens is 281 g/mol. The molecular formula is C15H21F3N2O. The topological polar surface area (TPSA) is 24.5 Å². The van der Waals surface area contributed by atoms with Crippen LogP contribution in [0.1, 0.15) is 18.4 Å². The second-order valence-corrected chi connectivity index (χ2v) is 5.59. The van der Waals surface area contributed by atoms with Crippen molar-refractivity contribution in [3.05, 3.63) is 29.8 Å². The molecule has 118 valence electrons. The number of likely N-dealkylation sites (tertiary alicyclic amines) is 1. The fourth-order valence-corrected chi connectivity index (χ4v) is 2.67. The van der Waals surface area contributed by atoms with Crippen molar-refractivity contribution < 1.29 is 17.9 Å². The molecule has 1 aliphatic rings. The average molecular weight is 302 g/mol. The first-order valence-electron chi connectivity index (χ1n) is 7.16. The van der Waals surface area contributed by atoms with Crippen LogP contribution in [0.2, 0.25) is 0 Å². The minimum Gasteiger partial charge on any atom is -0.406 e. The Morgan fingerprint density at radius 1 is 1.29 bits per heavy atom. The van der Waals surface area contributed by atoms with E-state index in [1.807, 2.05) is 0 Å². The van der Waals surface area contributed by atoms with Gasteiger partial charge in [-0.3, -0.25) is 0 Å². The van der Waals surface area contributed by atoms with Crippen LogP contribution in [0.15, 0.2) is 24.3 Å². The number of hydrogen-bond donors (Lipinski definition) is 1. The Balaban J connectivity index is 1.73. The lowest BCUT2D eigenvalue weighted by Gasteiger charge is -2.29. The van der Waals surface area contributed by atoms with E-state index in [9.17, 15) is 13.2 Å². The second-order valence-electron chi connectivity index (χ2n) is 5.59. The summed E-state index contributed by atoms with van der Waals surface area (Å²) < 4.78 is 40.0. The minimum absolute atomic E-state index is 0.180. The first kappa shape index (κ1) is 16.1. The van der Waals surface area contributed by atoms with Crippen molar-refractivity contribution in [2.45, 2.75) is 25.7 Å². The van der Waals surface area contributed by atoms with Gasteiger partial charge in [-0.05, 0) is 56.6 Å². The predicted octanol–water partition coefficient (Wildman–Crippen LogP) is 3.02. The van der Waals surface area contributed by atoms with Gasteiger partial charge in [0, 0.05) is 13.1 Å². The molecule has 0 aliphatic carbocycles. The Labute approximate surface area is 123 Å². The number of hydrogen-bond acceptors (Lipinski definition) is 3. The van der Waals surface area contributed by atoms with Crippen LogP contribution < -0.4 is 10.1 Å². The zero-order valence-electron chi connectivity index (χ0n) is 12.1. The van der Waals surface area contributed by atoms with Crippen LogP contribution in [0, 0.1) is 5.92 Å². The molecule has 3 nitrogen and oxygen atoms in total. The first-order chi connectivity index (χ1) is 9.92. The summed E-state index contributed by atoms with van der Waals surface area (Å²) in [6.45, 7) is 3.86. The molecule has 6 heteroatoms. The summed E-state index contributed by atoms with van der Waals surface area (Å²) in [7, 11) is 2.13. The van der Waals surface area contributed by atoms with Crippen molar-refractivity contribution in [2.24, 2.45) is 5.92 Å². The van der Waals surface area contributed by atoms with E-state index in [1.54, 1.807) is 12.1 Å². The van der Waals surface area contributed by atoms with Crippen molar-refractivity contribution in [3.8, 4) is 5.75 Å². The maximum absolute atomic E-state index is 12.0. The molecule has 1 heterocycles. The Hall–Kier alpha value is -1.27. The van der Waals surface area contributed by atoms with E-state index in [-0.39, 0.29) is 5.75 Å². The molecule has 1 saturated heterocycles. The highest BCUT2D eigenvalue weighted by Gasteiger charge is 2.30. The molecule has 1 fully saturated rings. The number of ether oxygens (including phenoxy) is 1. The Bertz CT molecular complexity index is 434. The van der Waals surface area contributed by atoms with E-state index in [0.717, 1.165) is 25.2 Å². The van der Waals surface area contributed by atoms with Gasteiger partial charge < -0.3 is 15.0 Å². The van der Waals surface area contributed by atoms with Crippen molar-refractivity contribution in [2.75, 3.05) is 26.7 Å². The number of halogens is 3. The molecule has 21 heavy (non-hydrogen) atoms. The lowest BCUT2D eigenvalue weighted by atomic mass is 9.98. The molecule has 1 aromatic carbocycles. The summed E-state index contributed by atoms with van der Waals surface area (Å²) in [5, 5.41) is 3.37. The fraction of sp³-hybridized carbons (Fsp3) is 0.600. The van der Waals surface area contributed by atoms with Crippen LogP contribution in [0.25, 0.3) is 0 Å². The van der Waals surface area contributed by atoms with Crippen LogP contribution in [0.4, 0.5) is 13.2 Å². The third-order valence-electron chi connectivity index (χ3n) is 3.64. The molecule has 0 amide bonds. The highest BCUT2D eigenvalue weighted by Crippen LogP contribution is 2.22. The molecule has 0 bridgehead atoms. The molecule has 1 aromatic rings. The normalized spacial score (nSPS) is 20.5. The minimum atomic E-state index is -4.63. The van der Waals surface area contributed by atoms with E-state index >= 15 is 0 Å². The van der Waals surface area contributed by atoms with Crippen LogP contribution in [0.3, 0.4) is 0 Å². The summed E-state index contributed by atoms with van der Waals surface area (Å²) in [6, 6.07) is 6.00. The van der Waals surface area contributed by atoms with Gasteiger partial charge in [0.15, 0.2) is 0 Å². The summed E-state index contributed by atoms with van der Waals surface area (Å²) >= 11 is 0. The molecule has 0 spiro atoms. The van der Waals surface area contributed by atoms with Crippen molar-refractivity contribution >= 4 is 0 Å². The number of nitrogens with zero attached hydrogens (tertiary/aromatic N) is 1. The van der Waals surface area contributed by atoms with E-state index in [1.165, 1.54) is 25.0 Å². The van der Waals surface area contributed by atoms with Crippen molar-refractivity contribution in [3.63, 3.8) is 0 Å². The first-order valence-corrected chi connectivity index (χ1v) is 7.16. The molecule has 1 atom stereocenters. The van der Waals surface area contributed by atoms with E-state index in [2.05, 4.69) is 22.0 Å². The second kappa shape index (κ2) is 7.13. The summed E-state index contributed by atoms with van der Waals surface area (Å²) in [4.78, 5) is 2.33. The lowest BCUT2D eigenvalue weighted by Crippen LogP contribution is -2.37. The zero-order chi connectivity index (χ0) is 15.3. The molecule has 1 unspecified atom stereocenters. The van der Waals surface area contributed by atoms with Gasteiger partial charge in [0.1, 0.15) is 5.75 Å². The van der Waals surface area contributed by atoms with Gasteiger partial charge in [0.25, 0.3) is 0 Å².